The van der Waals surface area contributed by atoms with Crippen LogP contribution in [0.15, 0.2) is 59.9 Å². The third kappa shape index (κ3) is 5.06. The smallest absolute Gasteiger partial charge is 0.326 e. The quantitative estimate of drug-likeness (QED) is 0.242. The second-order valence-electron chi connectivity index (χ2n) is 11.0. The van der Waals surface area contributed by atoms with Crippen LogP contribution in [0.3, 0.4) is 0 Å². The maximum absolute atomic E-state index is 12.9. The molecule has 3 aromatic heterocycles. The number of hydrogen-bond acceptors (Lipinski definition) is 7. The van der Waals surface area contributed by atoms with Gasteiger partial charge in [-0.3, -0.25) is 19.4 Å². The summed E-state index contributed by atoms with van der Waals surface area (Å²) >= 11 is 1.63. The summed E-state index contributed by atoms with van der Waals surface area (Å²) in [6.45, 7) is 1.95. The van der Waals surface area contributed by atoms with Gasteiger partial charge in [-0.2, -0.15) is 0 Å². The highest BCUT2D eigenvalue weighted by Crippen LogP contribution is 2.46. The van der Waals surface area contributed by atoms with Crippen molar-refractivity contribution < 1.29 is 14.4 Å². The first-order valence-electron chi connectivity index (χ1n) is 13.8. The van der Waals surface area contributed by atoms with Crippen LogP contribution in [0.4, 0.5) is 16.2 Å². The second kappa shape index (κ2) is 9.99. The number of amides is 4. The number of aryl methyl sites for hydroxylation is 1. The Hall–Kier alpha value is -4.25. The fourth-order valence-electron chi connectivity index (χ4n) is 5.32. The van der Waals surface area contributed by atoms with Crippen molar-refractivity contribution in [3.05, 3.63) is 77.8 Å². The van der Waals surface area contributed by atoms with Crippen molar-refractivity contribution in [2.45, 2.75) is 48.7 Å². The number of hydrogen-bond donors (Lipinski definition) is 1. The Labute approximate surface area is 241 Å². The van der Waals surface area contributed by atoms with E-state index in [4.69, 9.17) is 4.98 Å². The molecule has 1 aromatic carbocycles. The summed E-state index contributed by atoms with van der Waals surface area (Å²) in [5.74, 6) is 1.56. The average molecular weight is 568 g/mol. The highest BCUT2D eigenvalue weighted by atomic mass is 32.2. The molecule has 7 rings (SSSR count). The van der Waals surface area contributed by atoms with Crippen molar-refractivity contribution in [3.63, 3.8) is 0 Å². The molecule has 2 atom stereocenters. The Morgan fingerprint density at radius 1 is 1.12 bits per heavy atom. The fourth-order valence-corrected chi connectivity index (χ4v) is 6.16. The van der Waals surface area contributed by atoms with Crippen molar-refractivity contribution in [2.75, 3.05) is 23.8 Å². The van der Waals surface area contributed by atoms with E-state index in [1.807, 2.05) is 53.9 Å². The minimum absolute atomic E-state index is 0.0119. The molecule has 0 spiro atoms. The molecule has 0 bridgehead atoms. The SMILES string of the molecule is Cc1ccnc(C2CC2C(=O)Nc2cccc(SCc3cn4cc(C5CC5)cc(N5CC(=O)N(C)C5=O)c4n3)c2)n1. The van der Waals surface area contributed by atoms with Crippen LogP contribution in [-0.4, -0.2) is 55.7 Å². The van der Waals surface area contributed by atoms with Gasteiger partial charge in [0.1, 0.15) is 12.4 Å². The van der Waals surface area contributed by atoms with Crippen LogP contribution >= 0.6 is 11.8 Å². The topological polar surface area (TPSA) is 113 Å². The van der Waals surface area contributed by atoms with Crippen molar-refractivity contribution in [1.82, 2.24) is 24.3 Å². The summed E-state index contributed by atoms with van der Waals surface area (Å²) in [6, 6.07) is 11.4. The molecule has 1 N–H and O–H groups in total. The standard InChI is InChI=1S/C30H29N7O3S/c1-17-8-9-31-27(32-17)23-12-24(23)29(39)34-20-4-3-5-22(11-20)41-16-21-14-36-13-19(18-6-7-18)10-25(28(36)33-21)37-15-26(38)35(2)30(37)40/h3-5,8-11,13-14,18,23-24H,6-7,12,15-16H2,1-2H3,(H,34,39). The number of carbonyl (C=O) groups is 3. The van der Waals surface area contributed by atoms with E-state index in [2.05, 4.69) is 21.5 Å². The zero-order valence-corrected chi connectivity index (χ0v) is 23.6. The minimum atomic E-state index is -0.327. The molecule has 208 valence electrons. The number of carbonyl (C=O) groups excluding carboxylic acids is 3. The molecule has 2 unspecified atom stereocenters. The average Bonchev–Trinajstić information content (AvgIpc) is 3.89. The largest absolute Gasteiger partial charge is 0.331 e. The van der Waals surface area contributed by atoms with E-state index in [9.17, 15) is 14.4 Å². The monoisotopic (exact) mass is 567 g/mol. The van der Waals surface area contributed by atoms with Gasteiger partial charge in [0, 0.05) is 59.5 Å². The number of imidazole rings is 1. The van der Waals surface area contributed by atoms with Crippen LogP contribution in [0, 0.1) is 12.8 Å². The molecular formula is C30H29N7O3S. The predicted octanol–water partition coefficient (Wildman–Crippen LogP) is 4.74. The first-order valence-corrected chi connectivity index (χ1v) is 14.8. The molecule has 3 fully saturated rings. The van der Waals surface area contributed by atoms with E-state index >= 15 is 0 Å². The predicted molar refractivity (Wildman–Crippen MR) is 155 cm³/mol. The van der Waals surface area contributed by atoms with Gasteiger partial charge < -0.3 is 9.72 Å². The van der Waals surface area contributed by atoms with Crippen LogP contribution in [0.25, 0.3) is 5.65 Å². The summed E-state index contributed by atoms with van der Waals surface area (Å²) < 4.78 is 1.98. The number of anilines is 2. The number of nitrogens with zero attached hydrogens (tertiary/aromatic N) is 6. The lowest BCUT2D eigenvalue weighted by Crippen LogP contribution is -2.30. The normalized spacial score (nSPS) is 20.2. The molecule has 11 heteroatoms. The van der Waals surface area contributed by atoms with E-state index in [1.165, 1.54) is 11.9 Å². The van der Waals surface area contributed by atoms with Crippen molar-refractivity contribution in [3.8, 4) is 0 Å². The first-order chi connectivity index (χ1) is 19.8. The first kappa shape index (κ1) is 25.7. The van der Waals surface area contributed by atoms with Gasteiger partial charge in [0.2, 0.25) is 11.8 Å². The minimum Gasteiger partial charge on any atom is -0.326 e. The Morgan fingerprint density at radius 2 is 1.98 bits per heavy atom. The molecule has 4 heterocycles. The molecule has 2 saturated carbocycles. The number of urea groups is 1. The highest BCUT2D eigenvalue weighted by molar-refractivity contribution is 7.98. The van der Waals surface area contributed by atoms with Crippen molar-refractivity contribution in [2.24, 2.45) is 5.92 Å². The number of thioether (sulfide) groups is 1. The van der Waals surface area contributed by atoms with Crippen LogP contribution in [0.2, 0.25) is 0 Å². The maximum atomic E-state index is 12.9. The number of rotatable bonds is 8. The van der Waals surface area contributed by atoms with E-state index in [0.717, 1.165) is 57.5 Å². The Balaban J connectivity index is 1.05. The van der Waals surface area contributed by atoms with Crippen LogP contribution < -0.4 is 10.2 Å². The van der Waals surface area contributed by atoms with Gasteiger partial charge in [-0.05, 0) is 68.0 Å². The molecule has 4 amide bonds. The van der Waals surface area contributed by atoms with Gasteiger partial charge in [0.25, 0.3) is 0 Å². The maximum Gasteiger partial charge on any atom is 0.331 e. The second-order valence-corrected chi connectivity index (χ2v) is 12.1. The summed E-state index contributed by atoms with van der Waals surface area (Å²) in [6.07, 6.45) is 8.84. The van der Waals surface area contributed by atoms with Crippen LogP contribution in [0.5, 0.6) is 0 Å². The number of nitrogens with one attached hydrogen (secondary N) is 1. The van der Waals surface area contributed by atoms with E-state index in [0.29, 0.717) is 23.0 Å². The molecule has 10 nitrogen and oxygen atoms in total. The van der Waals surface area contributed by atoms with E-state index < -0.39 is 0 Å². The van der Waals surface area contributed by atoms with Crippen LogP contribution in [0.1, 0.15) is 53.9 Å². The van der Waals surface area contributed by atoms with Gasteiger partial charge in [0.05, 0.1) is 11.4 Å². The highest BCUT2D eigenvalue weighted by Gasteiger charge is 2.46. The molecule has 2 aliphatic carbocycles. The summed E-state index contributed by atoms with van der Waals surface area (Å²) in [5, 5.41) is 3.05. The summed E-state index contributed by atoms with van der Waals surface area (Å²) in [7, 11) is 1.51. The zero-order valence-electron chi connectivity index (χ0n) is 22.8. The van der Waals surface area contributed by atoms with Crippen LogP contribution in [-0.2, 0) is 15.3 Å². The number of aromatic nitrogens is 4. The number of pyridine rings is 1. The molecule has 4 aromatic rings. The molecule has 1 aliphatic heterocycles. The van der Waals surface area contributed by atoms with Gasteiger partial charge in [0.15, 0.2) is 5.65 Å². The van der Waals surface area contributed by atoms with Gasteiger partial charge >= 0.3 is 6.03 Å². The molecular weight excluding hydrogens is 538 g/mol. The molecule has 0 radical (unpaired) electrons. The Kier molecular flexibility index (Phi) is 6.26. The van der Waals surface area contributed by atoms with Gasteiger partial charge in [-0.15, -0.1) is 11.8 Å². The lowest BCUT2D eigenvalue weighted by Gasteiger charge is -2.17. The molecule has 3 aliphatic rings. The van der Waals surface area contributed by atoms with Gasteiger partial charge in [-0.25, -0.2) is 19.7 Å². The van der Waals surface area contributed by atoms with Crippen molar-refractivity contribution in [1.29, 1.82) is 0 Å². The number of benzene rings is 1. The fraction of sp³-hybridized carbons (Fsp3) is 0.333. The number of likely N-dealkylation sites (N-methyl/N-ethyl adjacent to an activating group) is 1. The number of fused-ring (bicyclic) bond motifs is 1. The lowest BCUT2D eigenvalue weighted by molar-refractivity contribution is -0.124. The Morgan fingerprint density at radius 3 is 2.73 bits per heavy atom. The summed E-state index contributed by atoms with van der Waals surface area (Å²) in [4.78, 5) is 55.3. The molecule has 1 saturated heterocycles. The number of imide groups is 1. The molecule has 41 heavy (non-hydrogen) atoms. The summed E-state index contributed by atoms with van der Waals surface area (Å²) in [5.41, 5.74) is 5.02. The lowest BCUT2D eigenvalue weighted by atomic mass is 10.1. The van der Waals surface area contributed by atoms with E-state index in [-0.39, 0.29) is 36.2 Å². The Bertz CT molecular complexity index is 1720. The zero-order chi connectivity index (χ0) is 28.2. The third-order valence-corrected chi connectivity index (χ3v) is 8.92. The van der Waals surface area contributed by atoms with Crippen molar-refractivity contribution >= 4 is 46.6 Å². The third-order valence-electron chi connectivity index (χ3n) is 7.89. The van der Waals surface area contributed by atoms with E-state index in [1.54, 1.807) is 18.0 Å². The van der Waals surface area contributed by atoms with Gasteiger partial charge in [-0.1, -0.05) is 6.07 Å².